The lowest BCUT2D eigenvalue weighted by Crippen LogP contribution is -2.64. The summed E-state index contributed by atoms with van der Waals surface area (Å²) in [5, 5.41) is 4.98. The second-order valence-electron chi connectivity index (χ2n) is 7.52. The Morgan fingerprint density at radius 3 is 2.48 bits per heavy atom. The Kier molecular flexibility index (Phi) is 3.24. The van der Waals surface area contributed by atoms with E-state index in [1.54, 1.807) is 0 Å². The zero-order valence-corrected chi connectivity index (χ0v) is 13.1. The molecular formula is C17H25N3O. The van der Waals surface area contributed by atoms with Gasteiger partial charge in [0, 0.05) is 5.69 Å². The van der Waals surface area contributed by atoms with E-state index in [-0.39, 0.29) is 5.91 Å². The van der Waals surface area contributed by atoms with Crippen LogP contribution in [0.25, 0.3) is 0 Å². The zero-order valence-electron chi connectivity index (χ0n) is 13.1. The first kappa shape index (κ1) is 14.4. The molecule has 0 atom stereocenters. The predicted octanol–water partition coefficient (Wildman–Crippen LogP) is 3.36. The van der Waals surface area contributed by atoms with Gasteiger partial charge in [0.2, 0.25) is 0 Å². The number of hydrogen-bond acceptors (Lipinski definition) is 3. The van der Waals surface area contributed by atoms with E-state index in [0.717, 1.165) is 31.4 Å². The number of benzene rings is 1. The van der Waals surface area contributed by atoms with Crippen LogP contribution in [-0.4, -0.2) is 16.6 Å². The minimum Gasteiger partial charge on any atom is -0.361 e. The van der Waals surface area contributed by atoms with E-state index in [9.17, 15) is 4.79 Å². The molecule has 1 saturated carbocycles. The minimum atomic E-state index is -0.410. The number of nitrogens with zero attached hydrogens (tertiary/aromatic N) is 1. The van der Waals surface area contributed by atoms with Crippen LogP contribution in [0.3, 0.4) is 0 Å². The molecule has 2 aliphatic rings. The molecule has 1 amide bonds. The number of carbonyl (C=O) groups is 1. The van der Waals surface area contributed by atoms with E-state index < -0.39 is 5.66 Å². The van der Waals surface area contributed by atoms with Crippen molar-refractivity contribution in [2.75, 3.05) is 5.32 Å². The summed E-state index contributed by atoms with van der Waals surface area (Å²) in [6.07, 6.45) is 4.01. The fourth-order valence-electron chi connectivity index (χ4n) is 3.74. The van der Waals surface area contributed by atoms with Crippen LogP contribution in [0.2, 0.25) is 0 Å². The number of hydrazine groups is 1. The Hall–Kier alpha value is -1.55. The van der Waals surface area contributed by atoms with Gasteiger partial charge in [0.15, 0.2) is 0 Å². The van der Waals surface area contributed by atoms with Gasteiger partial charge in [0.1, 0.15) is 5.66 Å². The van der Waals surface area contributed by atoms with Gasteiger partial charge >= 0.3 is 0 Å². The maximum atomic E-state index is 12.5. The third kappa shape index (κ3) is 2.31. The molecule has 3 N–H and O–H groups in total. The summed E-state index contributed by atoms with van der Waals surface area (Å²) >= 11 is 0. The highest BCUT2D eigenvalue weighted by atomic mass is 16.2. The standard InChI is InChI=1S/C17H25N3O/c1-16(2,3)12-8-10-17(11-9-12)19-14-7-5-4-6-13(14)15(21)20(17)18/h4-7,12,19H,8-11,18H2,1-3H3. The summed E-state index contributed by atoms with van der Waals surface area (Å²) in [4.78, 5) is 12.5. The summed E-state index contributed by atoms with van der Waals surface area (Å²) < 4.78 is 0. The van der Waals surface area contributed by atoms with E-state index in [1.165, 1.54) is 5.01 Å². The first-order chi connectivity index (χ1) is 9.83. The summed E-state index contributed by atoms with van der Waals surface area (Å²) in [6.45, 7) is 6.89. The Morgan fingerprint density at radius 1 is 1.24 bits per heavy atom. The topological polar surface area (TPSA) is 58.4 Å². The molecule has 1 heterocycles. The highest BCUT2D eigenvalue weighted by molar-refractivity contribution is 6.01. The Labute approximate surface area is 126 Å². The molecule has 1 aliphatic heterocycles. The lowest BCUT2D eigenvalue weighted by Gasteiger charge is -2.51. The highest BCUT2D eigenvalue weighted by Crippen LogP contribution is 2.45. The number of carbonyl (C=O) groups excluding carboxylic acids is 1. The van der Waals surface area contributed by atoms with Crippen molar-refractivity contribution < 1.29 is 4.79 Å². The van der Waals surface area contributed by atoms with Crippen LogP contribution < -0.4 is 11.2 Å². The second kappa shape index (κ2) is 4.73. The van der Waals surface area contributed by atoms with Crippen LogP contribution in [0.1, 0.15) is 56.8 Å². The van der Waals surface area contributed by atoms with E-state index in [4.69, 9.17) is 5.84 Å². The van der Waals surface area contributed by atoms with Gasteiger partial charge < -0.3 is 5.32 Å². The third-order valence-electron chi connectivity index (χ3n) is 5.24. The van der Waals surface area contributed by atoms with Crippen LogP contribution in [-0.2, 0) is 0 Å². The molecule has 0 radical (unpaired) electrons. The summed E-state index contributed by atoms with van der Waals surface area (Å²) in [6, 6.07) is 7.64. The zero-order chi connectivity index (χ0) is 15.3. The molecule has 0 bridgehead atoms. The predicted molar refractivity (Wildman–Crippen MR) is 84.6 cm³/mol. The van der Waals surface area contributed by atoms with Gasteiger partial charge in [-0.3, -0.25) is 9.80 Å². The van der Waals surface area contributed by atoms with Crippen molar-refractivity contribution in [2.24, 2.45) is 17.2 Å². The number of fused-ring (bicyclic) bond motifs is 1. The Bertz CT molecular complexity index is 553. The molecule has 1 aliphatic carbocycles. The van der Waals surface area contributed by atoms with Crippen LogP contribution in [0, 0.1) is 11.3 Å². The average molecular weight is 287 g/mol. The first-order valence-electron chi connectivity index (χ1n) is 7.80. The molecule has 0 saturated heterocycles. The number of nitrogens with one attached hydrogen (secondary N) is 1. The molecule has 0 unspecified atom stereocenters. The maximum absolute atomic E-state index is 12.5. The first-order valence-corrected chi connectivity index (χ1v) is 7.80. The molecule has 21 heavy (non-hydrogen) atoms. The highest BCUT2D eigenvalue weighted by Gasteiger charge is 2.47. The SMILES string of the molecule is CC(C)(C)C1CCC2(CC1)Nc1ccccc1C(=O)N2N. The number of hydrogen-bond donors (Lipinski definition) is 2. The van der Waals surface area contributed by atoms with Crippen molar-refractivity contribution in [2.45, 2.75) is 52.1 Å². The lowest BCUT2D eigenvalue weighted by molar-refractivity contribution is 0.0235. The monoisotopic (exact) mass is 287 g/mol. The van der Waals surface area contributed by atoms with Crippen molar-refractivity contribution in [1.29, 1.82) is 0 Å². The van der Waals surface area contributed by atoms with Gasteiger partial charge in [-0.25, -0.2) is 5.84 Å². The minimum absolute atomic E-state index is 0.0708. The largest absolute Gasteiger partial charge is 0.361 e. The van der Waals surface area contributed by atoms with Crippen molar-refractivity contribution in [3.63, 3.8) is 0 Å². The molecule has 1 spiro atoms. The van der Waals surface area contributed by atoms with Crippen molar-refractivity contribution in [3.05, 3.63) is 29.8 Å². The Morgan fingerprint density at radius 2 is 1.86 bits per heavy atom. The summed E-state index contributed by atoms with van der Waals surface area (Å²) in [7, 11) is 0. The maximum Gasteiger partial charge on any atom is 0.272 e. The van der Waals surface area contributed by atoms with Gasteiger partial charge in [0.25, 0.3) is 5.91 Å². The number of rotatable bonds is 0. The number of amides is 1. The summed E-state index contributed by atoms with van der Waals surface area (Å²) in [5.41, 5.74) is 1.49. The quantitative estimate of drug-likeness (QED) is 0.568. The van der Waals surface area contributed by atoms with Crippen molar-refractivity contribution in [1.82, 2.24) is 5.01 Å². The molecule has 4 nitrogen and oxygen atoms in total. The fraction of sp³-hybridized carbons (Fsp3) is 0.588. The van der Waals surface area contributed by atoms with E-state index in [2.05, 4.69) is 26.1 Å². The fourth-order valence-corrected chi connectivity index (χ4v) is 3.74. The van der Waals surface area contributed by atoms with Gasteiger partial charge in [-0.1, -0.05) is 32.9 Å². The second-order valence-corrected chi connectivity index (χ2v) is 7.52. The normalized spacial score (nSPS) is 29.2. The van der Waals surface area contributed by atoms with Gasteiger partial charge in [0.05, 0.1) is 5.56 Å². The molecule has 114 valence electrons. The number of nitrogens with two attached hydrogens (primary N) is 1. The van der Waals surface area contributed by atoms with Gasteiger partial charge in [-0.05, 0) is 49.1 Å². The van der Waals surface area contributed by atoms with E-state index in [1.807, 2.05) is 24.3 Å². The van der Waals surface area contributed by atoms with Crippen LogP contribution in [0.5, 0.6) is 0 Å². The molecule has 1 aromatic carbocycles. The molecule has 3 rings (SSSR count). The van der Waals surface area contributed by atoms with E-state index >= 15 is 0 Å². The van der Waals surface area contributed by atoms with E-state index in [0.29, 0.717) is 16.9 Å². The smallest absolute Gasteiger partial charge is 0.272 e. The lowest BCUT2D eigenvalue weighted by atomic mass is 9.69. The van der Waals surface area contributed by atoms with Crippen molar-refractivity contribution >= 4 is 11.6 Å². The van der Waals surface area contributed by atoms with Gasteiger partial charge in [-0.2, -0.15) is 0 Å². The number of para-hydroxylation sites is 1. The van der Waals surface area contributed by atoms with Gasteiger partial charge in [-0.15, -0.1) is 0 Å². The summed E-state index contributed by atoms with van der Waals surface area (Å²) in [5.74, 6) is 6.79. The number of anilines is 1. The molecule has 4 heteroatoms. The van der Waals surface area contributed by atoms with Crippen LogP contribution >= 0.6 is 0 Å². The Balaban J connectivity index is 1.86. The molecular weight excluding hydrogens is 262 g/mol. The average Bonchev–Trinajstić information content (AvgIpc) is 2.45. The van der Waals surface area contributed by atoms with Crippen LogP contribution in [0.15, 0.2) is 24.3 Å². The molecule has 1 aromatic rings. The molecule has 0 aromatic heterocycles. The molecule has 1 fully saturated rings. The van der Waals surface area contributed by atoms with Crippen LogP contribution in [0.4, 0.5) is 5.69 Å². The van der Waals surface area contributed by atoms with Crippen molar-refractivity contribution in [3.8, 4) is 0 Å². The third-order valence-corrected chi connectivity index (χ3v) is 5.24.